The lowest BCUT2D eigenvalue weighted by Crippen LogP contribution is -2.26. The molecule has 5 heteroatoms. The number of carbonyl (C=O) groups excluding carboxylic acids is 1. The molecule has 23 heavy (non-hydrogen) atoms. The van der Waals surface area contributed by atoms with Gasteiger partial charge in [-0.2, -0.15) is 0 Å². The van der Waals surface area contributed by atoms with Gasteiger partial charge in [0.05, 0.1) is 7.11 Å². The molecule has 3 N–H and O–H groups in total. The van der Waals surface area contributed by atoms with Gasteiger partial charge in [-0.3, -0.25) is 4.79 Å². The molecule has 0 atom stereocenters. The average Bonchev–Trinajstić information content (AvgIpc) is 2.54. The van der Waals surface area contributed by atoms with E-state index in [0.717, 1.165) is 29.0 Å². The van der Waals surface area contributed by atoms with E-state index in [1.165, 1.54) is 0 Å². The van der Waals surface area contributed by atoms with E-state index >= 15 is 0 Å². The zero-order valence-corrected chi connectivity index (χ0v) is 14.1. The summed E-state index contributed by atoms with van der Waals surface area (Å²) in [7, 11) is 1.65. The molecule has 0 unspecified atom stereocenters. The van der Waals surface area contributed by atoms with E-state index in [2.05, 4.69) is 5.32 Å². The molecule has 0 aliphatic heterocycles. The number of anilines is 1. The number of methoxy groups -OCH3 is 1. The van der Waals surface area contributed by atoms with Crippen molar-refractivity contribution in [2.24, 2.45) is 0 Å². The number of benzene rings is 2. The van der Waals surface area contributed by atoms with E-state index in [1.54, 1.807) is 7.11 Å². The zero-order chi connectivity index (χ0) is 15.8. The van der Waals surface area contributed by atoms with Gasteiger partial charge in [-0.15, -0.1) is 12.4 Å². The third kappa shape index (κ3) is 5.83. The molecule has 0 spiro atoms. The normalized spacial score (nSPS) is 9.78. The fourth-order valence-corrected chi connectivity index (χ4v) is 2.34. The van der Waals surface area contributed by atoms with E-state index in [1.807, 2.05) is 48.5 Å². The number of para-hydroxylation sites is 2. The van der Waals surface area contributed by atoms with Gasteiger partial charge in [-0.25, -0.2) is 0 Å². The predicted molar refractivity (Wildman–Crippen MR) is 96.1 cm³/mol. The number of hydrogen-bond donors (Lipinski definition) is 2. The van der Waals surface area contributed by atoms with Crippen molar-refractivity contribution < 1.29 is 9.53 Å². The van der Waals surface area contributed by atoms with Gasteiger partial charge in [-0.05, 0) is 36.1 Å². The number of nitrogen functional groups attached to an aromatic ring is 1. The Bertz CT molecular complexity index is 632. The first-order valence-corrected chi connectivity index (χ1v) is 7.42. The fraction of sp³-hybridized carbons (Fsp3) is 0.278. The molecule has 0 saturated heterocycles. The highest BCUT2D eigenvalue weighted by molar-refractivity contribution is 5.85. The second-order valence-electron chi connectivity index (χ2n) is 5.11. The van der Waals surface area contributed by atoms with Gasteiger partial charge >= 0.3 is 0 Å². The Morgan fingerprint density at radius 3 is 2.39 bits per heavy atom. The Labute approximate surface area is 143 Å². The Kier molecular flexibility index (Phi) is 7.98. The second kappa shape index (κ2) is 9.74. The number of halogens is 1. The molecule has 0 aliphatic rings. The highest BCUT2D eigenvalue weighted by atomic mass is 35.5. The Hall–Kier alpha value is -2.20. The molecular formula is C18H23ClN2O2. The van der Waals surface area contributed by atoms with E-state index < -0.39 is 0 Å². The summed E-state index contributed by atoms with van der Waals surface area (Å²) in [6, 6.07) is 15.5. The van der Waals surface area contributed by atoms with E-state index in [9.17, 15) is 4.79 Å². The van der Waals surface area contributed by atoms with Crippen LogP contribution in [0.4, 0.5) is 5.69 Å². The summed E-state index contributed by atoms with van der Waals surface area (Å²) in [6.07, 6.45) is 1.86. The SMILES string of the molecule is COc1ccccc1CCNC(=O)CCc1ccccc1N.Cl. The summed E-state index contributed by atoms with van der Waals surface area (Å²) in [6.45, 7) is 0.601. The maximum absolute atomic E-state index is 11.9. The van der Waals surface area contributed by atoms with Crippen molar-refractivity contribution >= 4 is 24.0 Å². The first kappa shape index (κ1) is 18.8. The molecule has 0 aliphatic carbocycles. The minimum Gasteiger partial charge on any atom is -0.496 e. The van der Waals surface area contributed by atoms with Crippen LogP contribution in [0.1, 0.15) is 17.5 Å². The summed E-state index contributed by atoms with van der Waals surface area (Å²) >= 11 is 0. The molecule has 0 radical (unpaired) electrons. The van der Waals surface area contributed by atoms with Crippen LogP contribution >= 0.6 is 12.4 Å². The van der Waals surface area contributed by atoms with E-state index in [4.69, 9.17) is 10.5 Å². The predicted octanol–water partition coefficient (Wildman–Crippen LogP) is 2.99. The van der Waals surface area contributed by atoms with Crippen LogP contribution in [0.25, 0.3) is 0 Å². The lowest BCUT2D eigenvalue weighted by Gasteiger charge is -2.09. The molecular weight excluding hydrogens is 312 g/mol. The van der Waals surface area contributed by atoms with Gasteiger partial charge in [-0.1, -0.05) is 36.4 Å². The van der Waals surface area contributed by atoms with Crippen LogP contribution < -0.4 is 15.8 Å². The number of nitrogens with two attached hydrogens (primary N) is 1. The van der Waals surface area contributed by atoms with Crippen LogP contribution in [-0.2, 0) is 17.6 Å². The molecule has 0 aromatic heterocycles. The largest absolute Gasteiger partial charge is 0.496 e. The van der Waals surface area contributed by atoms with Crippen LogP contribution in [-0.4, -0.2) is 19.6 Å². The second-order valence-corrected chi connectivity index (χ2v) is 5.11. The number of amides is 1. The Balaban J connectivity index is 0.00000264. The van der Waals surface area contributed by atoms with E-state index in [0.29, 0.717) is 19.4 Å². The molecule has 0 bridgehead atoms. The van der Waals surface area contributed by atoms with Crippen molar-refractivity contribution in [2.45, 2.75) is 19.3 Å². The third-order valence-electron chi connectivity index (χ3n) is 3.59. The van der Waals surface area contributed by atoms with Crippen LogP contribution in [0, 0.1) is 0 Å². The van der Waals surface area contributed by atoms with Crippen molar-refractivity contribution in [1.29, 1.82) is 0 Å². The minimum atomic E-state index is 0. The first-order chi connectivity index (χ1) is 10.7. The van der Waals surface area contributed by atoms with Crippen molar-refractivity contribution in [3.8, 4) is 5.75 Å². The summed E-state index contributed by atoms with van der Waals surface area (Å²) in [5.41, 5.74) is 8.72. The summed E-state index contributed by atoms with van der Waals surface area (Å²) in [4.78, 5) is 11.9. The van der Waals surface area contributed by atoms with Gasteiger partial charge < -0.3 is 15.8 Å². The third-order valence-corrected chi connectivity index (χ3v) is 3.59. The number of rotatable bonds is 7. The smallest absolute Gasteiger partial charge is 0.220 e. The standard InChI is InChI=1S/C18H22N2O2.ClH/c1-22-17-9-5-3-7-15(17)12-13-20-18(21)11-10-14-6-2-4-8-16(14)19;/h2-9H,10-13,19H2,1H3,(H,20,21);1H. The molecule has 0 saturated carbocycles. The number of carbonyl (C=O) groups is 1. The maximum atomic E-state index is 11.9. The molecule has 1 amide bonds. The molecule has 0 heterocycles. The van der Waals surface area contributed by atoms with Gasteiger partial charge in [0.15, 0.2) is 0 Å². The van der Waals surface area contributed by atoms with Crippen LogP contribution in [0.2, 0.25) is 0 Å². The maximum Gasteiger partial charge on any atom is 0.220 e. The minimum absolute atomic E-state index is 0. The molecule has 2 aromatic rings. The molecule has 124 valence electrons. The van der Waals surface area contributed by atoms with Gasteiger partial charge in [0.2, 0.25) is 5.91 Å². The van der Waals surface area contributed by atoms with Gasteiger partial charge in [0.25, 0.3) is 0 Å². The van der Waals surface area contributed by atoms with Gasteiger partial charge in [0, 0.05) is 18.7 Å². The topological polar surface area (TPSA) is 64.3 Å². The average molecular weight is 335 g/mol. The Morgan fingerprint density at radius 1 is 1.04 bits per heavy atom. The first-order valence-electron chi connectivity index (χ1n) is 7.42. The summed E-state index contributed by atoms with van der Waals surface area (Å²) < 4.78 is 5.29. The fourth-order valence-electron chi connectivity index (χ4n) is 2.34. The lowest BCUT2D eigenvalue weighted by molar-refractivity contribution is -0.121. The summed E-state index contributed by atoms with van der Waals surface area (Å²) in [5, 5.41) is 2.94. The van der Waals surface area contributed by atoms with Crippen molar-refractivity contribution in [1.82, 2.24) is 5.32 Å². The van der Waals surface area contributed by atoms with E-state index in [-0.39, 0.29) is 18.3 Å². The number of ether oxygens (including phenoxy) is 1. The zero-order valence-electron chi connectivity index (χ0n) is 13.2. The monoisotopic (exact) mass is 334 g/mol. The highest BCUT2D eigenvalue weighted by Crippen LogP contribution is 2.17. The quantitative estimate of drug-likeness (QED) is 0.765. The number of hydrogen-bond acceptors (Lipinski definition) is 3. The molecule has 2 aromatic carbocycles. The van der Waals surface area contributed by atoms with Crippen LogP contribution in [0.3, 0.4) is 0 Å². The van der Waals surface area contributed by atoms with Crippen LogP contribution in [0.15, 0.2) is 48.5 Å². The molecule has 4 nitrogen and oxygen atoms in total. The number of nitrogens with one attached hydrogen (secondary N) is 1. The molecule has 0 fully saturated rings. The van der Waals surface area contributed by atoms with Crippen molar-refractivity contribution in [2.75, 3.05) is 19.4 Å². The van der Waals surface area contributed by atoms with Gasteiger partial charge in [0.1, 0.15) is 5.75 Å². The van der Waals surface area contributed by atoms with Crippen LogP contribution in [0.5, 0.6) is 5.75 Å². The summed E-state index contributed by atoms with van der Waals surface area (Å²) in [5.74, 6) is 0.895. The van der Waals surface area contributed by atoms with Crippen molar-refractivity contribution in [3.05, 3.63) is 59.7 Å². The number of aryl methyl sites for hydroxylation is 1. The highest BCUT2D eigenvalue weighted by Gasteiger charge is 2.05. The Morgan fingerprint density at radius 2 is 1.70 bits per heavy atom. The lowest BCUT2D eigenvalue weighted by atomic mass is 10.1. The van der Waals surface area contributed by atoms with Crippen molar-refractivity contribution in [3.63, 3.8) is 0 Å². The molecule has 2 rings (SSSR count).